The Morgan fingerprint density at radius 3 is 2.46 bits per heavy atom. The number of urea groups is 1. The summed E-state index contributed by atoms with van der Waals surface area (Å²) in [6.45, 7) is 1.59. The van der Waals surface area contributed by atoms with E-state index >= 15 is 0 Å². The minimum absolute atomic E-state index is 0.115. The monoisotopic (exact) mass is 386 g/mol. The summed E-state index contributed by atoms with van der Waals surface area (Å²) in [5.74, 6) is -1.86. The number of hydrogen-bond donors (Lipinski definition) is 3. The van der Waals surface area contributed by atoms with Crippen LogP contribution in [0.2, 0.25) is 0 Å². The van der Waals surface area contributed by atoms with Crippen LogP contribution in [0.3, 0.4) is 0 Å². The Morgan fingerprint density at radius 1 is 1.18 bits per heavy atom. The van der Waals surface area contributed by atoms with Gasteiger partial charge in [-0.05, 0) is 24.6 Å². The van der Waals surface area contributed by atoms with Crippen molar-refractivity contribution in [1.29, 1.82) is 0 Å². The van der Waals surface area contributed by atoms with Crippen molar-refractivity contribution in [1.82, 2.24) is 5.32 Å². The first-order valence-electron chi connectivity index (χ1n) is 8.15. The van der Waals surface area contributed by atoms with E-state index in [-0.39, 0.29) is 16.9 Å². The van der Waals surface area contributed by atoms with Crippen molar-refractivity contribution in [2.75, 3.05) is 5.32 Å². The van der Waals surface area contributed by atoms with Gasteiger partial charge in [-0.2, -0.15) is 0 Å². The second-order valence-electron chi connectivity index (χ2n) is 5.73. The summed E-state index contributed by atoms with van der Waals surface area (Å²) in [6, 6.07) is 12.0. The molecule has 0 spiro atoms. The average molecular weight is 386 g/mol. The number of carbonyl (C=O) groups excluding carboxylic acids is 3. The number of imide groups is 1. The number of amides is 3. The molecule has 10 nitrogen and oxygen atoms in total. The van der Waals surface area contributed by atoms with E-state index in [2.05, 4.69) is 5.32 Å². The molecule has 0 radical (unpaired) electrons. The van der Waals surface area contributed by atoms with Crippen molar-refractivity contribution in [3.8, 4) is 0 Å². The van der Waals surface area contributed by atoms with Gasteiger partial charge in [0.25, 0.3) is 11.6 Å². The molecule has 3 amide bonds. The first kappa shape index (κ1) is 20.4. The van der Waals surface area contributed by atoms with E-state index in [0.29, 0.717) is 6.54 Å². The van der Waals surface area contributed by atoms with Crippen LogP contribution in [0.25, 0.3) is 0 Å². The maximum atomic E-state index is 12.1. The van der Waals surface area contributed by atoms with Crippen LogP contribution >= 0.6 is 0 Å². The molecule has 2 rings (SSSR count). The van der Waals surface area contributed by atoms with E-state index in [0.717, 1.165) is 11.6 Å². The lowest BCUT2D eigenvalue weighted by molar-refractivity contribution is -0.384. The zero-order valence-corrected chi connectivity index (χ0v) is 14.9. The molecule has 2 aromatic rings. The van der Waals surface area contributed by atoms with Gasteiger partial charge in [0, 0.05) is 12.6 Å². The van der Waals surface area contributed by atoms with Gasteiger partial charge in [-0.3, -0.25) is 20.2 Å². The summed E-state index contributed by atoms with van der Waals surface area (Å²) >= 11 is 0. The van der Waals surface area contributed by atoms with Gasteiger partial charge in [-0.1, -0.05) is 30.3 Å². The molecule has 0 saturated carbocycles. The Bertz CT molecular complexity index is 900. The lowest BCUT2D eigenvalue weighted by Crippen LogP contribution is -2.42. The van der Waals surface area contributed by atoms with E-state index in [1.807, 2.05) is 30.3 Å². The molecule has 28 heavy (non-hydrogen) atoms. The summed E-state index contributed by atoms with van der Waals surface area (Å²) in [4.78, 5) is 45.1. The maximum Gasteiger partial charge on any atom is 0.339 e. The number of nitrogens with zero attached hydrogens (tertiary/aromatic N) is 1. The highest BCUT2D eigenvalue weighted by molar-refractivity contribution is 5.98. The van der Waals surface area contributed by atoms with Crippen LogP contribution in [0.15, 0.2) is 48.5 Å². The second-order valence-corrected chi connectivity index (χ2v) is 5.73. The van der Waals surface area contributed by atoms with Crippen LogP contribution in [0.1, 0.15) is 22.8 Å². The smallest absolute Gasteiger partial charge is 0.339 e. The number of nitro benzene ring substituents is 1. The van der Waals surface area contributed by atoms with Crippen LogP contribution in [-0.4, -0.2) is 28.9 Å². The highest BCUT2D eigenvalue weighted by Gasteiger charge is 2.23. The molecule has 0 aliphatic heterocycles. The number of rotatable bonds is 7. The molecule has 0 aliphatic carbocycles. The fourth-order valence-electron chi connectivity index (χ4n) is 2.26. The van der Waals surface area contributed by atoms with Crippen molar-refractivity contribution in [3.05, 3.63) is 69.8 Å². The molecule has 0 aromatic heterocycles. The van der Waals surface area contributed by atoms with E-state index in [9.17, 15) is 24.5 Å². The standard InChI is InChI=1S/C18H18N4O6/c1-11(16(23)21-18(19)25)28-17(24)13-7-8-14(15(9-13)22(26)27)20-10-12-5-3-2-4-6-12/h2-9,11,20H,10H2,1H3,(H3,19,21,23,25). The molecule has 0 aliphatic rings. The number of esters is 1. The van der Waals surface area contributed by atoms with Crippen molar-refractivity contribution < 1.29 is 24.0 Å². The number of nitrogens with two attached hydrogens (primary N) is 1. The molecule has 0 fully saturated rings. The van der Waals surface area contributed by atoms with Gasteiger partial charge in [0.1, 0.15) is 5.69 Å². The molecule has 0 bridgehead atoms. The van der Waals surface area contributed by atoms with Gasteiger partial charge in [0.2, 0.25) is 0 Å². The number of benzene rings is 2. The zero-order valence-electron chi connectivity index (χ0n) is 14.9. The maximum absolute atomic E-state index is 12.1. The second kappa shape index (κ2) is 9.12. The molecule has 146 valence electrons. The summed E-state index contributed by atoms with van der Waals surface area (Å²) in [5, 5.41) is 16.1. The number of anilines is 1. The molecule has 4 N–H and O–H groups in total. The Hall–Kier alpha value is -3.95. The third-order valence-corrected chi connectivity index (χ3v) is 3.66. The van der Waals surface area contributed by atoms with Crippen molar-refractivity contribution in [3.63, 3.8) is 0 Å². The number of nitro groups is 1. The number of ether oxygens (including phenoxy) is 1. The van der Waals surface area contributed by atoms with E-state index in [1.54, 1.807) is 5.32 Å². The topological polar surface area (TPSA) is 154 Å². The summed E-state index contributed by atoms with van der Waals surface area (Å²) in [7, 11) is 0. The molecule has 1 atom stereocenters. The summed E-state index contributed by atoms with van der Waals surface area (Å²) in [6.07, 6.45) is -1.31. The quantitative estimate of drug-likeness (QED) is 0.373. The predicted octanol–water partition coefficient (Wildman–Crippen LogP) is 1.95. The minimum Gasteiger partial charge on any atom is -0.449 e. The third-order valence-electron chi connectivity index (χ3n) is 3.66. The summed E-state index contributed by atoms with van der Waals surface area (Å²) < 4.78 is 4.90. The largest absolute Gasteiger partial charge is 0.449 e. The number of hydrogen-bond acceptors (Lipinski definition) is 7. The first-order chi connectivity index (χ1) is 13.3. The van der Waals surface area contributed by atoms with Gasteiger partial charge in [-0.25, -0.2) is 9.59 Å². The Morgan fingerprint density at radius 2 is 1.86 bits per heavy atom. The number of primary amides is 1. The van der Waals surface area contributed by atoms with Gasteiger partial charge in [-0.15, -0.1) is 0 Å². The Labute approximate surface area is 159 Å². The SMILES string of the molecule is CC(OC(=O)c1ccc(NCc2ccccc2)c([N+](=O)[O-])c1)C(=O)NC(N)=O. The van der Waals surface area contributed by atoms with Crippen LogP contribution in [0.4, 0.5) is 16.2 Å². The molecule has 1 unspecified atom stereocenters. The van der Waals surface area contributed by atoms with Crippen molar-refractivity contribution >= 4 is 29.3 Å². The summed E-state index contributed by atoms with van der Waals surface area (Å²) in [5.41, 5.74) is 5.54. The van der Waals surface area contributed by atoms with Gasteiger partial charge in [0.15, 0.2) is 6.10 Å². The van der Waals surface area contributed by atoms with Crippen molar-refractivity contribution in [2.45, 2.75) is 19.6 Å². The van der Waals surface area contributed by atoms with E-state index in [1.165, 1.54) is 19.1 Å². The van der Waals surface area contributed by atoms with Gasteiger partial charge in [0.05, 0.1) is 10.5 Å². The molecular formula is C18H18N4O6. The Kier molecular flexibility index (Phi) is 6.63. The molecule has 2 aromatic carbocycles. The fourth-order valence-corrected chi connectivity index (χ4v) is 2.26. The fraction of sp³-hybridized carbons (Fsp3) is 0.167. The van der Waals surface area contributed by atoms with Gasteiger partial charge < -0.3 is 15.8 Å². The molecule has 0 heterocycles. The van der Waals surface area contributed by atoms with Crippen molar-refractivity contribution in [2.24, 2.45) is 5.73 Å². The third kappa shape index (κ3) is 5.53. The van der Waals surface area contributed by atoms with Crippen LogP contribution < -0.4 is 16.4 Å². The van der Waals surface area contributed by atoms with Crippen LogP contribution in [0, 0.1) is 10.1 Å². The van der Waals surface area contributed by atoms with Gasteiger partial charge >= 0.3 is 12.0 Å². The van der Waals surface area contributed by atoms with E-state index < -0.39 is 28.9 Å². The molecular weight excluding hydrogens is 368 g/mol. The highest BCUT2D eigenvalue weighted by atomic mass is 16.6. The highest BCUT2D eigenvalue weighted by Crippen LogP contribution is 2.26. The van der Waals surface area contributed by atoms with Crippen LogP contribution in [-0.2, 0) is 16.1 Å². The molecule has 0 saturated heterocycles. The average Bonchev–Trinajstić information content (AvgIpc) is 2.66. The predicted molar refractivity (Wildman–Crippen MR) is 99.5 cm³/mol. The lowest BCUT2D eigenvalue weighted by atomic mass is 10.1. The molecule has 10 heteroatoms. The zero-order chi connectivity index (χ0) is 20.7. The minimum atomic E-state index is -1.31. The first-order valence-corrected chi connectivity index (χ1v) is 8.15. The van der Waals surface area contributed by atoms with E-state index in [4.69, 9.17) is 10.5 Å². The van der Waals surface area contributed by atoms with Crippen LogP contribution in [0.5, 0.6) is 0 Å². The number of nitrogens with one attached hydrogen (secondary N) is 2. The number of carbonyl (C=O) groups is 3. The lowest BCUT2D eigenvalue weighted by Gasteiger charge is -2.13. The Balaban J connectivity index is 2.12. The normalized spacial score (nSPS) is 11.2.